The van der Waals surface area contributed by atoms with Crippen LogP contribution < -0.4 is 10.1 Å². The number of methoxy groups -OCH3 is 1. The van der Waals surface area contributed by atoms with Crippen LogP contribution in [0.3, 0.4) is 0 Å². The number of amides is 1. The smallest absolute Gasteiger partial charge is 0.222 e. The molecule has 0 aromatic heterocycles. The van der Waals surface area contributed by atoms with E-state index in [2.05, 4.69) is 19.2 Å². The van der Waals surface area contributed by atoms with Gasteiger partial charge in [-0.15, -0.1) is 0 Å². The number of ether oxygens (including phenoxy) is 1. The second-order valence-electron chi connectivity index (χ2n) is 4.87. The van der Waals surface area contributed by atoms with Gasteiger partial charge in [-0.05, 0) is 17.7 Å². The lowest BCUT2D eigenvalue weighted by atomic mass is 9.84. The molecule has 2 N–H and O–H groups in total. The van der Waals surface area contributed by atoms with E-state index in [0.717, 1.165) is 11.3 Å². The first-order valence-electron chi connectivity index (χ1n) is 6.01. The van der Waals surface area contributed by atoms with E-state index >= 15 is 0 Å². The van der Waals surface area contributed by atoms with Crippen LogP contribution in [0.5, 0.6) is 5.75 Å². The average Bonchev–Trinajstić information content (AvgIpc) is 2.37. The van der Waals surface area contributed by atoms with Gasteiger partial charge in [-0.2, -0.15) is 0 Å². The van der Waals surface area contributed by atoms with E-state index < -0.39 is 0 Å². The summed E-state index contributed by atoms with van der Waals surface area (Å²) >= 11 is 0. The SMILES string of the molecule is COc1cccc(C(C)(C)CNC(=O)CCO)c1. The van der Waals surface area contributed by atoms with Gasteiger partial charge in [-0.3, -0.25) is 4.79 Å². The van der Waals surface area contributed by atoms with Crippen LogP contribution in [0.4, 0.5) is 0 Å². The zero-order valence-electron chi connectivity index (χ0n) is 11.2. The summed E-state index contributed by atoms with van der Waals surface area (Å²) in [7, 11) is 1.63. The highest BCUT2D eigenvalue weighted by molar-refractivity contribution is 5.76. The van der Waals surface area contributed by atoms with Crippen molar-refractivity contribution in [1.29, 1.82) is 0 Å². The first-order chi connectivity index (χ1) is 8.49. The summed E-state index contributed by atoms with van der Waals surface area (Å²) in [5.41, 5.74) is 0.922. The van der Waals surface area contributed by atoms with Crippen molar-refractivity contribution in [2.45, 2.75) is 25.7 Å². The topological polar surface area (TPSA) is 58.6 Å². The lowest BCUT2D eigenvalue weighted by Crippen LogP contribution is -2.36. The Labute approximate surface area is 108 Å². The zero-order valence-corrected chi connectivity index (χ0v) is 11.2. The molecular weight excluding hydrogens is 230 g/mol. The fourth-order valence-electron chi connectivity index (χ4n) is 1.66. The quantitative estimate of drug-likeness (QED) is 0.805. The Morgan fingerprint density at radius 1 is 1.44 bits per heavy atom. The second kappa shape index (κ2) is 6.40. The lowest BCUT2D eigenvalue weighted by Gasteiger charge is -2.26. The van der Waals surface area contributed by atoms with Gasteiger partial charge in [0.1, 0.15) is 5.75 Å². The monoisotopic (exact) mass is 251 g/mol. The maximum Gasteiger partial charge on any atom is 0.222 e. The highest BCUT2D eigenvalue weighted by Crippen LogP contribution is 2.25. The van der Waals surface area contributed by atoms with E-state index in [1.54, 1.807) is 7.11 Å². The van der Waals surface area contributed by atoms with Crippen molar-refractivity contribution in [2.24, 2.45) is 0 Å². The van der Waals surface area contributed by atoms with E-state index in [-0.39, 0.29) is 24.3 Å². The third-order valence-electron chi connectivity index (χ3n) is 2.92. The van der Waals surface area contributed by atoms with E-state index in [1.807, 2.05) is 24.3 Å². The fraction of sp³-hybridized carbons (Fsp3) is 0.500. The molecule has 100 valence electrons. The molecule has 0 fully saturated rings. The van der Waals surface area contributed by atoms with Gasteiger partial charge >= 0.3 is 0 Å². The van der Waals surface area contributed by atoms with E-state index in [9.17, 15) is 4.79 Å². The van der Waals surface area contributed by atoms with Gasteiger partial charge in [-0.25, -0.2) is 0 Å². The Hall–Kier alpha value is -1.55. The molecule has 18 heavy (non-hydrogen) atoms. The number of carbonyl (C=O) groups excluding carboxylic acids is 1. The molecule has 0 saturated carbocycles. The molecule has 1 amide bonds. The summed E-state index contributed by atoms with van der Waals surface area (Å²) in [5, 5.41) is 11.5. The number of nitrogens with one attached hydrogen (secondary N) is 1. The van der Waals surface area contributed by atoms with Crippen LogP contribution in [-0.2, 0) is 10.2 Å². The number of hydrogen-bond acceptors (Lipinski definition) is 3. The molecule has 0 heterocycles. The Balaban J connectivity index is 2.69. The molecule has 0 unspecified atom stereocenters. The van der Waals surface area contributed by atoms with Gasteiger partial charge in [0.25, 0.3) is 0 Å². The first-order valence-corrected chi connectivity index (χ1v) is 6.01. The first kappa shape index (κ1) is 14.5. The number of rotatable bonds is 6. The predicted octanol–water partition coefficient (Wildman–Crippen LogP) is 1.47. The van der Waals surface area contributed by atoms with Gasteiger partial charge in [0.05, 0.1) is 13.7 Å². The number of aliphatic hydroxyl groups is 1. The van der Waals surface area contributed by atoms with Crippen LogP contribution in [0.15, 0.2) is 24.3 Å². The Morgan fingerprint density at radius 2 is 2.17 bits per heavy atom. The molecule has 4 heteroatoms. The number of benzene rings is 1. The van der Waals surface area contributed by atoms with Gasteiger partial charge in [0, 0.05) is 18.4 Å². The van der Waals surface area contributed by atoms with Crippen molar-refractivity contribution < 1.29 is 14.6 Å². The van der Waals surface area contributed by atoms with Gasteiger partial charge < -0.3 is 15.2 Å². The van der Waals surface area contributed by atoms with E-state index in [4.69, 9.17) is 9.84 Å². The molecule has 0 spiro atoms. The summed E-state index contributed by atoms with van der Waals surface area (Å²) < 4.78 is 5.19. The lowest BCUT2D eigenvalue weighted by molar-refractivity contribution is -0.121. The summed E-state index contributed by atoms with van der Waals surface area (Å²) in [5.74, 6) is 0.677. The second-order valence-corrected chi connectivity index (χ2v) is 4.87. The molecule has 0 saturated heterocycles. The van der Waals surface area contributed by atoms with Crippen molar-refractivity contribution >= 4 is 5.91 Å². The van der Waals surface area contributed by atoms with Crippen molar-refractivity contribution in [3.05, 3.63) is 29.8 Å². The van der Waals surface area contributed by atoms with Crippen molar-refractivity contribution in [3.63, 3.8) is 0 Å². The van der Waals surface area contributed by atoms with E-state index in [0.29, 0.717) is 6.54 Å². The largest absolute Gasteiger partial charge is 0.497 e. The fourth-order valence-corrected chi connectivity index (χ4v) is 1.66. The minimum absolute atomic E-state index is 0.120. The third-order valence-corrected chi connectivity index (χ3v) is 2.92. The maximum absolute atomic E-state index is 11.3. The Bertz CT molecular complexity index is 402. The maximum atomic E-state index is 11.3. The van der Waals surface area contributed by atoms with Gasteiger partial charge in [0.2, 0.25) is 5.91 Å². The predicted molar refractivity (Wildman–Crippen MR) is 70.7 cm³/mol. The number of carbonyl (C=O) groups is 1. The molecule has 0 aliphatic rings. The van der Waals surface area contributed by atoms with Crippen molar-refractivity contribution in [1.82, 2.24) is 5.32 Å². The molecule has 0 bridgehead atoms. The van der Waals surface area contributed by atoms with Gasteiger partial charge in [-0.1, -0.05) is 26.0 Å². The zero-order chi connectivity index (χ0) is 13.6. The minimum atomic E-state index is -0.181. The van der Waals surface area contributed by atoms with Crippen LogP contribution in [0.25, 0.3) is 0 Å². The highest BCUT2D eigenvalue weighted by atomic mass is 16.5. The molecule has 1 aromatic rings. The molecule has 0 radical (unpaired) electrons. The summed E-state index contributed by atoms with van der Waals surface area (Å²) in [6.45, 7) is 4.52. The molecule has 0 atom stereocenters. The number of aliphatic hydroxyl groups excluding tert-OH is 1. The van der Waals surface area contributed by atoms with Crippen LogP contribution >= 0.6 is 0 Å². The standard InChI is InChI=1S/C14H21NO3/c1-14(2,10-15-13(17)7-8-16)11-5-4-6-12(9-11)18-3/h4-6,9,16H,7-8,10H2,1-3H3,(H,15,17). The molecule has 4 nitrogen and oxygen atoms in total. The molecule has 1 rings (SSSR count). The summed E-state index contributed by atoms with van der Waals surface area (Å²) in [6, 6.07) is 7.81. The Kier molecular flexibility index (Phi) is 5.16. The summed E-state index contributed by atoms with van der Waals surface area (Å²) in [4.78, 5) is 11.3. The molecular formula is C14H21NO3. The van der Waals surface area contributed by atoms with Crippen molar-refractivity contribution in [3.8, 4) is 5.75 Å². The molecule has 1 aromatic carbocycles. The van der Waals surface area contributed by atoms with Crippen molar-refractivity contribution in [2.75, 3.05) is 20.3 Å². The Morgan fingerprint density at radius 3 is 2.78 bits per heavy atom. The minimum Gasteiger partial charge on any atom is -0.497 e. The highest BCUT2D eigenvalue weighted by Gasteiger charge is 2.21. The van der Waals surface area contributed by atoms with Crippen LogP contribution in [0, 0.1) is 0 Å². The van der Waals surface area contributed by atoms with Crippen LogP contribution in [-0.4, -0.2) is 31.3 Å². The van der Waals surface area contributed by atoms with Gasteiger partial charge in [0.15, 0.2) is 0 Å². The summed E-state index contributed by atoms with van der Waals surface area (Å²) in [6.07, 6.45) is 0.147. The number of hydrogen-bond donors (Lipinski definition) is 2. The molecule has 0 aliphatic carbocycles. The van der Waals surface area contributed by atoms with Crippen LogP contribution in [0.2, 0.25) is 0 Å². The normalized spacial score (nSPS) is 11.1. The average molecular weight is 251 g/mol. The third kappa shape index (κ3) is 4.04. The van der Waals surface area contributed by atoms with Crippen LogP contribution in [0.1, 0.15) is 25.8 Å². The molecule has 0 aliphatic heterocycles. The van der Waals surface area contributed by atoms with E-state index in [1.165, 1.54) is 0 Å².